The number of nitrogens with zero attached hydrogens (tertiary/aromatic N) is 2. The lowest BCUT2D eigenvalue weighted by atomic mass is 10.2. The summed E-state index contributed by atoms with van der Waals surface area (Å²) < 4.78 is 53.1. The lowest BCUT2D eigenvalue weighted by molar-refractivity contribution is -0.114. The summed E-state index contributed by atoms with van der Waals surface area (Å²) in [5, 5.41) is 5.13. The minimum atomic E-state index is -1.66. The van der Waals surface area contributed by atoms with Crippen LogP contribution in [-0.2, 0) is 11.3 Å². The number of guanidine groups is 1. The molecule has 5 nitrogen and oxygen atoms in total. The number of carbonyl (C=O) groups excluding carboxylic acids is 1. The lowest BCUT2D eigenvalue weighted by Gasteiger charge is -2.22. The van der Waals surface area contributed by atoms with E-state index in [-0.39, 0.29) is 12.4 Å². The molecule has 0 aliphatic heterocycles. The molecule has 9 heteroatoms. The molecule has 0 aliphatic rings. The highest BCUT2D eigenvalue weighted by Gasteiger charge is 2.15. The summed E-state index contributed by atoms with van der Waals surface area (Å²) in [4.78, 5) is 17.8. The second-order valence-corrected chi connectivity index (χ2v) is 5.93. The third kappa shape index (κ3) is 5.70. The molecule has 2 rings (SSSR count). The van der Waals surface area contributed by atoms with Gasteiger partial charge < -0.3 is 15.5 Å². The number of halogens is 4. The Labute approximate surface area is 160 Å². The van der Waals surface area contributed by atoms with Gasteiger partial charge >= 0.3 is 0 Å². The number of aliphatic imine (C=N–C) groups is 1. The highest BCUT2D eigenvalue weighted by molar-refractivity contribution is 5.94. The quantitative estimate of drug-likeness (QED) is 0.341. The van der Waals surface area contributed by atoms with E-state index in [0.717, 1.165) is 6.07 Å². The van der Waals surface area contributed by atoms with Gasteiger partial charge in [-0.2, -0.15) is 0 Å². The van der Waals surface area contributed by atoms with Crippen LogP contribution in [0.15, 0.2) is 41.4 Å². The Morgan fingerprint density at radius 2 is 1.86 bits per heavy atom. The molecule has 1 amide bonds. The highest BCUT2D eigenvalue weighted by Crippen LogP contribution is 2.19. The van der Waals surface area contributed by atoms with Crippen LogP contribution in [0.3, 0.4) is 0 Å². The summed E-state index contributed by atoms with van der Waals surface area (Å²) in [6.45, 7) is 2.31. The first-order valence-electron chi connectivity index (χ1n) is 8.49. The molecule has 0 heterocycles. The van der Waals surface area contributed by atoms with Gasteiger partial charge in [0.2, 0.25) is 5.91 Å². The Morgan fingerprint density at radius 3 is 2.54 bits per heavy atom. The normalized spacial score (nSPS) is 11.3. The van der Waals surface area contributed by atoms with Gasteiger partial charge in [0.1, 0.15) is 12.4 Å². The van der Waals surface area contributed by atoms with Crippen molar-refractivity contribution in [1.29, 1.82) is 0 Å². The number of benzene rings is 2. The van der Waals surface area contributed by atoms with Crippen molar-refractivity contribution in [1.82, 2.24) is 10.2 Å². The number of hydrogen-bond acceptors (Lipinski definition) is 2. The van der Waals surface area contributed by atoms with Crippen LogP contribution >= 0.6 is 0 Å². The Bertz CT molecular complexity index is 873. The van der Waals surface area contributed by atoms with E-state index in [2.05, 4.69) is 15.6 Å². The SMILES string of the molecule is CCNC(=NCC(=O)Nc1ccc(F)c(F)c1F)N(C)Cc1cccc(F)c1. The number of nitrogens with one attached hydrogen (secondary N) is 2. The Balaban J connectivity index is 2.05. The molecule has 2 aromatic carbocycles. The van der Waals surface area contributed by atoms with Gasteiger partial charge in [-0.25, -0.2) is 22.6 Å². The van der Waals surface area contributed by atoms with Crippen LogP contribution in [0, 0.1) is 23.3 Å². The molecule has 0 aromatic heterocycles. The number of carbonyl (C=O) groups is 1. The minimum Gasteiger partial charge on any atom is -0.357 e. The molecule has 0 unspecified atom stereocenters. The van der Waals surface area contributed by atoms with Crippen LogP contribution in [-0.4, -0.2) is 36.9 Å². The van der Waals surface area contributed by atoms with Gasteiger partial charge in [-0.05, 0) is 36.8 Å². The van der Waals surface area contributed by atoms with Gasteiger partial charge in [-0.1, -0.05) is 12.1 Å². The molecule has 0 bridgehead atoms. The fraction of sp³-hybridized carbons (Fsp3) is 0.263. The molecular formula is C19H20F4N4O. The second kappa shape index (κ2) is 9.72. The fourth-order valence-electron chi connectivity index (χ4n) is 2.41. The standard InChI is InChI=1S/C19H20F4N4O/c1-3-24-19(27(2)11-12-5-4-6-13(20)9-12)25-10-16(28)26-15-8-7-14(21)17(22)18(15)23/h4-9H,3,10-11H2,1-2H3,(H,24,25)(H,26,28). The number of amides is 1. The molecule has 0 saturated heterocycles. The van der Waals surface area contributed by atoms with Crippen molar-refractivity contribution >= 4 is 17.6 Å². The third-order valence-corrected chi connectivity index (χ3v) is 3.69. The Kier molecular flexibility index (Phi) is 7.36. The van der Waals surface area contributed by atoms with Crippen LogP contribution in [0.1, 0.15) is 12.5 Å². The van der Waals surface area contributed by atoms with Crippen molar-refractivity contribution in [3.8, 4) is 0 Å². The van der Waals surface area contributed by atoms with E-state index in [9.17, 15) is 22.4 Å². The first-order chi connectivity index (χ1) is 13.3. The zero-order valence-electron chi connectivity index (χ0n) is 15.4. The molecule has 150 valence electrons. The minimum absolute atomic E-state index is 0.336. The second-order valence-electron chi connectivity index (χ2n) is 5.93. The molecule has 0 spiro atoms. The largest absolute Gasteiger partial charge is 0.357 e. The zero-order chi connectivity index (χ0) is 20.7. The average Bonchev–Trinajstić information content (AvgIpc) is 2.65. The molecule has 0 fully saturated rings. The molecule has 0 radical (unpaired) electrons. The maximum atomic E-state index is 13.6. The maximum absolute atomic E-state index is 13.6. The van der Waals surface area contributed by atoms with Gasteiger partial charge in [0.05, 0.1) is 5.69 Å². The van der Waals surface area contributed by atoms with E-state index in [4.69, 9.17) is 0 Å². The Morgan fingerprint density at radius 1 is 1.11 bits per heavy atom. The molecule has 0 atom stereocenters. The number of anilines is 1. The maximum Gasteiger partial charge on any atom is 0.246 e. The highest BCUT2D eigenvalue weighted by atomic mass is 19.2. The zero-order valence-corrected chi connectivity index (χ0v) is 15.4. The summed E-state index contributed by atoms with van der Waals surface area (Å²) in [5.74, 6) is -5.19. The topological polar surface area (TPSA) is 56.7 Å². The van der Waals surface area contributed by atoms with Crippen molar-refractivity contribution in [2.24, 2.45) is 4.99 Å². The van der Waals surface area contributed by atoms with Gasteiger partial charge in [0, 0.05) is 20.1 Å². The summed E-state index contributed by atoms with van der Waals surface area (Å²) >= 11 is 0. The molecule has 2 N–H and O–H groups in total. The van der Waals surface area contributed by atoms with Gasteiger partial charge in [-0.3, -0.25) is 4.79 Å². The summed E-state index contributed by atoms with van der Waals surface area (Å²) in [6, 6.07) is 7.71. The molecule has 0 aliphatic carbocycles. The average molecular weight is 396 g/mol. The Hall–Kier alpha value is -3.10. The van der Waals surface area contributed by atoms with E-state index in [0.29, 0.717) is 30.7 Å². The summed E-state index contributed by atoms with van der Waals surface area (Å²) in [6.07, 6.45) is 0. The van der Waals surface area contributed by atoms with Crippen molar-refractivity contribution in [2.45, 2.75) is 13.5 Å². The van der Waals surface area contributed by atoms with E-state index in [1.807, 2.05) is 6.92 Å². The van der Waals surface area contributed by atoms with Crippen LogP contribution in [0.4, 0.5) is 23.2 Å². The molecule has 2 aromatic rings. The summed E-state index contributed by atoms with van der Waals surface area (Å²) in [5.41, 5.74) is 0.235. The number of hydrogen-bond donors (Lipinski definition) is 2. The van der Waals surface area contributed by atoms with Crippen LogP contribution in [0.2, 0.25) is 0 Å². The first kappa shape index (κ1) is 21.2. The van der Waals surface area contributed by atoms with Crippen molar-refractivity contribution in [3.05, 3.63) is 65.2 Å². The monoisotopic (exact) mass is 396 g/mol. The van der Waals surface area contributed by atoms with Crippen molar-refractivity contribution in [3.63, 3.8) is 0 Å². The predicted molar refractivity (Wildman–Crippen MR) is 98.8 cm³/mol. The van der Waals surface area contributed by atoms with Crippen molar-refractivity contribution in [2.75, 3.05) is 25.5 Å². The fourth-order valence-corrected chi connectivity index (χ4v) is 2.41. The molecule has 28 heavy (non-hydrogen) atoms. The van der Waals surface area contributed by atoms with Gasteiger partial charge in [0.25, 0.3) is 0 Å². The van der Waals surface area contributed by atoms with E-state index in [1.165, 1.54) is 12.1 Å². The van der Waals surface area contributed by atoms with E-state index < -0.39 is 29.0 Å². The molecular weight excluding hydrogens is 376 g/mol. The smallest absolute Gasteiger partial charge is 0.246 e. The number of rotatable bonds is 6. The van der Waals surface area contributed by atoms with Crippen molar-refractivity contribution < 1.29 is 22.4 Å². The lowest BCUT2D eigenvalue weighted by Crippen LogP contribution is -2.39. The van der Waals surface area contributed by atoms with Crippen LogP contribution < -0.4 is 10.6 Å². The van der Waals surface area contributed by atoms with Gasteiger partial charge in [-0.15, -0.1) is 0 Å². The van der Waals surface area contributed by atoms with Gasteiger partial charge in [0.15, 0.2) is 23.4 Å². The van der Waals surface area contributed by atoms with Crippen LogP contribution in [0.25, 0.3) is 0 Å². The first-order valence-corrected chi connectivity index (χ1v) is 8.49. The van der Waals surface area contributed by atoms with E-state index >= 15 is 0 Å². The predicted octanol–water partition coefficient (Wildman–Crippen LogP) is 3.28. The van der Waals surface area contributed by atoms with E-state index in [1.54, 1.807) is 24.1 Å². The third-order valence-electron chi connectivity index (χ3n) is 3.69. The summed E-state index contributed by atoms with van der Waals surface area (Å²) in [7, 11) is 1.71. The molecule has 0 saturated carbocycles. The van der Waals surface area contributed by atoms with Crippen LogP contribution in [0.5, 0.6) is 0 Å².